The number of nitrogens with zero attached hydrogens (tertiary/aromatic N) is 1. The first-order valence-electron chi connectivity index (χ1n) is 7.41. The first-order chi connectivity index (χ1) is 9.72. The summed E-state index contributed by atoms with van der Waals surface area (Å²) in [7, 11) is 0. The molecule has 110 valence electrons. The molecule has 1 aromatic rings. The number of carboxylic acids is 1. The van der Waals surface area contributed by atoms with E-state index in [0.717, 1.165) is 19.0 Å². The molecule has 1 atom stereocenters. The number of likely N-dealkylation sites (tertiary alicyclic amines) is 1. The second kappa shape index (κ2) is 7.29. The van der Waals surface area contributed by atoms with E-state index in [1.54, 1.807) is 24.3 Å². The Hall–Kier alpha value is -1.55. The summed E-state index contributed by atoms with van der Waals surface area (Å²) >= 11 is 0. The van der Waals surface area contributed by atoms with E-state index in [-0.39, 0.29) is 5.56 Å². The Kier molecular flexibility index (Phi) is 5.41. The summed E-state index contributed by atoms with van der Waals surface area (Å²) in [6.45, 7) is 5.03. The Morgan fingerprint density at radius 2 is 2.25 bits per heavy atom. The smallest absolute Gasteiger partial charge is 0.339 e. The SMILES string of the molecule is CCC1CCCN1CCCOc1ccccc1C(=O)O. The fraction of sp³-hybridized carbons (Fsp3) is 0.562. The van der Waals surface area contributed by atoms with E-state index in [9.17, 15) is 4.79 Å². The summed E-state index contributed by atoms with van der Waals surface area (Å²) < 4.78 is 5.62. The van der Waals surface area contributed by atoms with Crippen molar-refractivity contribution in [2.75, 3.05) is 19.7 Å². The van der Waals surface area contributed by atoms with E-state index in [1.165, 1.54) is 25.8 Å². The molecule has 4 nitrogen and oxygen atoms in total. The third-order valence-corrected chi connectivity index (χ3v) is 3.94. The van der Waals surface area contributed by atoms with Gasteiger partial charge in [-0.25, -0.2) is 4.79 Å². The molecule has 1 fully saturated rings. The Balaban J connectivity index is 1.77. The van der Waals surface area contributed by atoms with Crippen molar-refractivity contribution >= 4 is 5.97 Å². The van der Waals surface area contributed by atoms with Gasteiger partial charge in [0, 0.05) is 12.6 Å². The lowest BCUT2D eigenvalue weighted by Crippen LogP contribution is -2.30. The molecule has 1 aliphatic heterocycles. The van der Waals surface area contributed by atoms with E-state index < -0.39 is 5.97 Å². The molecule has 0 amide bonds. The van der Waals surface area contributed by atoms with E-state index in [4.69, 9.17) is 9.84 Å². The Morgan fingerprint density at radius 3 is 3.00 bits per heavy atom. The fourth-order valence-electron chi connectivity index (χ4n) is 2.87. The van der Waals surface area contributed by atoms with Gasteiger partial charge in [0.1, 0.15) is 11.3 Å². The van der Waals surface area contributed by atoms with Crippen LogP contribution in [0.1, 0.15) is 43.0 Å². The minimum atomic E-state index is -0.939. The molecule has 0 saturated carbocycles. The zero-order valence-corrected chi connectivity index (χ0v) is 12.0. The molecular weight excluding hydrogens is 254 g/mol. The lowest BCUT2D eigenvalue weighted by molar-refractivity contribution is 0.0692. The minimum Gasteiger partial charge on any atom is -0.493 e. The lowest BCUT2D eigenvalue weighted by atomic mass is 10.2. The van der Waals surface area contributed by atoms with E-state index in [1.807, 2.05) is 0 Å². The molecule has 0 aliphatic carbocycles. The number of carbonyl (C=O) groups is 1. The molecule has 0 spiro atoms. The van der Waals surface area contributed by atoms with Crippen LogP contribution in [-0.2, 0) is 0 Å². The van der Waals surface area contributed by atoms with Gasteiger partial charge in [-0.15, -0.1) is 0 Å². The summed E-state index contributed by atoms with van der Waals surface area (Å²) in [5, 5.41) is 9.07. The van der Waals surface area contributed by atoms with E-state index in [0.29, 0.717) is 12.4 Å². The number of para-hydroxylation sites is 1. The lowest BCUT2D eigenvalue weighted by Gasteiger charge is -2.23. The van der Waals surface area contributed by atoms with Gasteiger partial charge in [0.05, 0.1) is 6.61 Å². The van der Waals surface area contributed by atoms with Gasteiger partial charge in [0.25, 0.3) is 0 Å². The van der Waals surface area contributed by atoms with Crippen LogP contribution in [0.2, 0.25) is 0 Å². The molecule has 0 bridgehead atoms. The molecule has 1 aliphatic rings. The van der Waals surface area contributed by atoms with Gasteiger partial charge in [-0.3, -0.25) is 0 Å². The van der Waals surface area contributed by atoms with E-state index in [2.05, 4.69) is 11.8 Å². The average molecular weight is 277 g/mol. The highest BCUT2D eigenvalue weighted by Crippen LogP contribution is 2.21. The van der Waals surface area contributed by atoms with Crippen molar-refractivity contribution in [3.05, 3.63) is 29.8 Å². The number of aromatic carboxylic acids is 1. The van der Waals surface area contributed by atoms with Crippen molar-refractivity contribution in [2.45, 2.75) is 38.6 Å². The van der Waals surface area contributed by atoms with Crippen molar-refractivity contribution < 1.29 is 14.6 Å². The molecule has 1 unspecified atom stereocenters. The van der Waals surface area contributed by atoms with E-state index >= 15 is 0 Å². The first kappa shape index (κ1) is 14.9. The van der Waals surface area contributed by atoms with Gasteiger partial charge in [-0.2, -0.15) is 0 Å². The van der Waals surface area contributed by atoms with Crippen LogP contribution in [0.5, 0.6) is 5.75 Å². The average Bonchev–Trinajstić information content (AvgIpc) is 2.91. The molecule has 0 radical (unpaired) electrons. The Morgan fingerprint density at radius 1 is 1.45 bits per heavy atom. The number of benzene rings is 1. The summed E-state index contributed by atoms with van der Waals surface area (Å²) in [4.78, 5) is 13.6. The molecule has 1 heterocycles. The number of ether oxygens (including phenoxy) is 1. The van der Waals surface area contributed by atoms with Crippen molar-refractivity contribution in [1.29, 1.82) is 0 Å². The van der Waals surface area contributed by atoms with Crippen molar-refractivity contribution in [3.63, 3.8) is 0 Å². The molecule has 1 aromatic carbocycles. The molecule has 20 heavy (non-hydrogen) atoms. The topological polar surface area (TPSA) is 49.8 Å². The van der Waals surface area contributed by atoms with Crippen LogP contribution in [0.15, 0.2) is 24.3 Å². The molecular formula is C16H23NO3. The number of carboxylic acid groups (broad SMARTS) is 1. The van der Waals surface area contributed by atoms with Gasteiger partial charge in [0.2, 0.25) is 0 Å². The van der Waals surface area contributed by atoms with Crippen LogP contribution in [0.25, 0.3) is 0 Å². The highest BCUT2D eigenvalue weighted by molar-refractivity contribution is 5.90. The van der Waals surface area contributed by atoms with Gasteiger partial charge >= 0.3 is 5.97 Å². The van der Waals surface area contributed by atoms with Gasteiger partial charge in [0.15, 0.2) is 0 Å². The normalized spacial score (nSPS) is 19.1. The second-order valence-electron chi connectivity index (χ2n) is 5.24. The third-order valence-electron chi connectivity index (χ3n) is 3.94. The largest absolute Gasteiger partial charge is 0.493 e. The monoisotopic (exact) mass is 277 g/mol. The number of hydrogen-bond donors (Lipinski definition) is 1. The molecule has 1 N–H and O–H groups in total. The van der Waals surface area contributed by atoms with Gasteiger partial charge in [-0.05, 0) is 44.4 Å². The van der Waals surface area contributed by atoms with Crippen LogP contribution in [0.4, 0.5) is 0 Å². The highest BCUT2D eigenvalue weighted by Gasteiger charge is 2.21. The Labute approximate surface area is 120 Å². The molecule has 1 saturated heterocycles. The van der Waals surface area contributed by atoms with Crippen molar-refractivity contribution in [3.8, 4) is 5.75 Å². The standard InChI is InChI=1S/C16H23NO3/c1-2-13-7-5-10-17(13)11-6-12-20-15-9-4-3-8-14(15)16(18)19/h3-4,8-9,13H,2,5-7,10-12H2,1H3,(H,18,19). The van der Waals surface area contributed by atoms with Gasteiger partial charge < -0.3 is 14.7 Å². The van der Waals surface area contributed by atoms with Crippen molar-refractivity contribution in [1.82, 2.24) is 4.90 Å². The fourth-order valence-corrected chi connectivity index (χ4v) is 2.87. The second-order valence-corrected chi connectivity index (χ2v) is 5.24. The maximum Gasteiger partial charge on any atom is 0.339 e. The molecule has 0 aromatic heterocycles. The molecule has 2 rings (SSSR count). The predicted molar refractivity (Wildman–Crippen MR) is 78.4 cm³/mol. The summed E-state index contributed by atoms with van der Waals surface area (Å²) in [5.74, 6) is -0.473. The predicted octanol–water partition coefficient (Wildman–Crippen LogP) is 3.03. The zero-order chi connectivity index (χ0) is 14.4. The van der Waals surface area contributed by atoms with Gasteiger partial charge in [-0.1, -0.05) is 19.1 Å². The van der Waals surface area contributed by atoms with Crippen LogP contribution >= 0.6 is 0 Å². The summed E-state index contributed by atoms with van der Waals surface area (Å²) in [6, 6.07) is 7.53. The van der Waals surface area contributed by atoms with Crippen LogP contribution < -0.4 is 4.74 Å². The van der Waals surface area contributed by atoms with Crippen molar-refractivity contribution in [2.24, 2.45) is 0 Å². The minimum absolute atomic E-state index is 0.236. The number of rotatable bonds is 7. The summed E-state index contributed by atoms with van der Waals surface area (Å²) in [5.41, 5.74) is 0.236. The zero-order valence-electron chi connectivity index (χ0n) is 12.0. The summed E-state index contributed by atoms with van der Waals surface area (Å²) in [6.07, 6.45) is 4.74. The third kappa shape index (κ3) is 3.73. The van der Waals surface area contributed by atoms with Crippen LogP contribution in [-0.4, -0.2) is 41.7 Å². The van der Waals surface area contributed by atoms with Crippen LogP contribution in [0, 0.1) is 0 Å². The first-order valence-corrected chi connectivity index (χ1v) is 7.41. The number of hydrogen-bond acceptors (Lipinski definition) is 3. The van der Waals surface area contributed by atoms with Crippen LogP contribution in [0.3, 0.4) is 0 Å². The Bertz CT molecular complexity index is 447. The maximum absolute atomic E-state index is 11.1. The maximum atomic E-state index is 11.1. The molecule has 4 heteroatoms. The quantitative estimate of drug-likeness (QED) is 0.778. The highest BCUT2D eigenvalue weighted by atomic mass is 16.5.